The van der Waals surface area contributed by atoms with Gasteiger partial charge in [-0.2, -0.15) is 0 Å². The Hall–Kier alpha value is -2.68. The molecule has 1 atom stereocenters. The van der Waals surface area contributed by atoms with E-state index in [4.69, 9.17) is 4.74 Å². The third kappa shape index (κ3) is 3.73. The fourth-order valence-corrected chi connectivity index (χ4v) is 5.92. The third-order valence-electron chi connectivity index (χ3n) is 4.57. The van der Waals surface area contributed by atoms with Gasteiger partial charge in [-0.05, 0) is 36.9 Å². The van der Waals surface area contributed by atoms with Crippen molar-refractivity contribution in [1.29, 1.82) is 0 Å². The summed E-state index contributed by atoms with van der Waals surface area (Å²) in [5.74, 6) is -0.448. The molecule has 4 nitrogen and oxygen atoms in total. The molecule has 138 valence electrons. The van der Waals surface area contributed by atoms with Crippen LogP contribution in [0.1, 0.15) is 11.6 Å². The van der Waals surface area contributed by atoms with Crippen LogP contribution in [0.2, 0.25) is 0 Å². The van der Waals surface area contributed by atoms with Crippen molar-refractivity contribution in [3.05, 3.63) is 96.6 Å². The number of likely N-dealkylation sites (N-methyl/N-ethyl adjacent to an activating group) is 1. The molecule has 3 rings (SSSR count). The van der Waals surface area contributed by atoms with Gasteiger partial charge in [-0.25, -0.2) is 9.46 Å². The number of esters is 1. The van der Waals surface area contributed by atoms with Crippen LogP contribution in [0.3, 0.4) is 0 Å². The molecule has 0 fully saturated rings. The van der Waals surface area contributed by atoms with Crippen molar-refractivity contribution in [3.63, 3.8) is 0 Å². The lowest BCUT2D eigenvalue weighted by atomic mass is 10.1. The molecule has 3 aromatic rings. The monoisotopic (exact) mass is 379 g/mol. The molecule has 0 aromatic heterocycles. The molecule has 0 unspecified atom stereocenters. The molecule has 0 bridgehead atoms. The van der Waals surface area contributed by atoms with E-state index in [-0.39, 0.29) is 0 Å². The number of methoxy groups -OCH3 is 1. The predicted molar refractivity (Wildman–Crippen MR) is 109 cm³/mol. The van der Waals surface area contributed by atoms with Crippen LogP contribution in [0, 0.1) is 0 Å². The van der Waals surface area contributed by atoms with Crippen LogP contribution >= 0.6 is 7.29 Å². The first kappa shape index (κ1) is 19.1. The minimum Gasteiger partial charge on any atom is -0.468 e. The molecule has 27 heavy (non-hydrogen) atoms. The predicted octanol–water partition coefficient (Wildman–Crippen LogP) is 3.76. The normalized spacial score (nSPS) is 12.6. The first-order chi connectivity index (χ1) is 13.1. The second kappa shape index (κ2) is 8.34. The zero-order chi connectivity index (χ0) is 19.3. The summed E-state index contributed by atoms with van der Waals surface area (Å²) in [4.78, 5) is 12.7. The molecular weight excluding hydrogens is 357 g/mol. The van der Waals surface area contributed by atoms with Crippen LogP contribution in [0.15, 0.2) is 91.0 Å². The second-order valence-corrected chi connectivity index (χ2v) is 8.97. The molecule has 0 saturated heterocycles. The summed E-state index contributed by atoms with van der Waals surface area (Å²) >= 11 is 0. The van der Waals surface area contributed by atoms with Gasteiger partial charge in [0.15, 0.2) is 0 Å². The Kier molecular flexibility index (Phi) is 5.90. The van der Waals surface area contributed by atoms with E-state index in [1.54, 1.807) is 11.7 Å². The lowest BCUT2D eigenvalue weighted by Crippen LogP contribution is -2.36. The van der Waals surface area contributed by atoms with Gasteiger partial charge < -0.3 is 4.74 Å². The number of carbonyl (C=O) groups is 1. The maximum atomic E-state index is 14.5. The van der Waals surface area contributed by atoms with Crippen molar-refractivity contribution >= 4 is 23.9 Å². The largest absolute Gasteiger partial charge is 0.468 e. The van der Waals surface area contributed by atoms with E-state index in [9.17, 15) is 9.36 Å². The Balaban J connectivity index is 2.19. The van der Waals surface area contributed by atoms with Crippen molar-refractivity contribution in [3.8, 4) is 0 Å². The number of benzene rings is 3. The Bertz CT molecular complexity index is 886. The standard InChI is InChI=1S/C22H22NO3P/c1-23(21(22(24)26-2)18-12-6-3-7-13-18)27(25,19-14-8-4-9-15-19)20-16-10-5-11-17-20/h3-17,21H,1-2H3/t21-/m1/s1. The third-order valence-corrected chi connectivity index (χ3v) is 7.69. The summed E-state index contributed by atoms with van der Waals surface area (Å²) in [6.45, 7) is 0. The minimum atomic E-state index is -3.27. The summed E-state index contributed by atoms with van der Waals surface area (Å²) in [6, 6.07) is 27.0. The van der Waals surface area contributed by atoms with Crippen LogP contribution in [0.25, 0.3) is 0 Å². The molecule has 0 N–H and O–H groups in total. The number of carbonyl (C=O) groups excluding carboxylic acids is 1. The fraction of sp³-hybridized carbons (Fsp3) is 0.136. The molecule has 0 spiro atoms. The minimum absolute atomic E-state index is 0.448. The van der Waals surface area contributed by atoms with Gasteiger partial charge in [-0.15, -0.1) is 0 Å². The highest BCUT2D eigenvalue weighted by Gasteiger charge is 2.40. The van der Waals surface area contributed by atoms with E-state index in [0.717, 1.165) is 5.56 Å². The van der Waals surface area contributed by atoms with Gasteiger partial charge in [-0.3, -0.25) is 4.57 Å². The van der Waals surface area contributed by atoms with E-state index in [2.05, 4.69) is 0 Å². The number of nitrogens with zero attached hydrogens (tertiary/aromatic N) is 1. The quantitative estimate of drug-likeness (QED) is 0.483. The summed E-state index contributed by atoms with van der Waals surface area (Å²) in [5.41, 5.74) is 0.735. The average Bonchev–Trinajstić information content (AvgIpc) is 2.75. The average molecular weight is 379 g/mol. The fourth-order valence-electron chi connectivity index (χ4n) is 3.19. The van der Waals surface area contributed by atoms with Gasteiger partial charge >= 0.3 is 5.97 Å². The summed E-state index contributed by atoms with van der Waals surface area (Å²) in [7, 11) is -0.204. The molecule has 0 amide bonds. The van der Waals surface area contributed by atoms with Crippen molar-refractivity contribution in [2.24, 2.45) is 0 Å². The summed E-state index contributed by atoms with van der Waals surface area (Å²) < 4.78 is 21.2. The first-order valence-electron chi connectivity index (χ1n) is 8.66. The molecule has 0 heterocycles. The molecule has 5 heteroatoms. The molecule has 0 aliphatic heterocycles. The molecule has 0 radical (unpaired) electrons. The Morgan fingerprint density at radius 1 is 0.815 bits per heavy atom. The van der Waals surface area contributed by atoms with Crippen LogP contribution < -0.4 is 10.6 Å². The second-order valence-electron chi connectivity index (χ2n) is 6.16. The number of ether oxygens (including phenoxy) is 1. The van der Waals surface area contributed by atoms with Crippen LogP contribution in [-0.2, 0) is 14.1 Å². The van der Waals surface area contributed by atoms with Gasteiger partial charge in [-0.1, -0.05) is 66.7 Å². The van der Waals surface area contributed by atoms with Gasteiger partial charge in [0, 0.05) is 10.6 Å². The maximum Gasteiger partial charge on any atom is 0.328 e. The first-order valence-corrected chi connectivity index (χ1v) is 10.3. The lowest BCUT2D eigenvalue weighted by Gasteiger charge is -2.34. The molecular formula is C22H22NO3P. The van der Waals surface area contributed by atoms with Gasteiger partial charge in [0.1, 0.15) is 6.04 Å². The molecule has 0 aliphatic rings. The number of rotatable bonds is 6. The van der Waals surface area contributed by atoms with Crippen LogP contribution in [0.5, 0.6) is 0 Å². The smallest absolute Gasteiger partial charge is 0.328 e. The van der Waals surface area contributed by atoms with Crippen molar-refractivity contribution in [1.82, 2.24) is 4.67 Å². The summed E-state index contributed by atoms with van der Waals surface area (Å²) in [6.07, 6.45) is 0. The maximum absolute atomic E-state index is 14.5. The zero-order valence-electron chi connectivity index (χ0n) is 15.4. The van der Waals surface area contributed by atoms with E-state index in [1.165, 1.54) is 7.11 Å². The van der Waals surface area contributed by atoms with Crippen molar-refractivity contribution < 1.29 is 14.1 Å². The SMILES string of the molecule is COC(=O)[C@@H](c1ccccc1)N(C)P(=O)(c1ccccc1)c1ccccc1. The highest BCUT2D eigenvalue weighted by molar-refractivity contribution is 7.76. The number of hydrogen-bond donors (Lipinski definition) is 0. The van der Waals surface area contributed by atoms with Crippen LogP contribution in [0.4, 0.5) is 0 Å². The molecule has 0 aliphatic carbocycles. The zero-order valence-corrected chi connectivity index (χ0v) is 16.3. The van der Waals surface area contributed by atoms with E-state index >= 15 is 0 Å². The summed E-state index contributed by atoms with van der Waals surface area (Å²) in [5, 5.41) is 1.34. The van der Waals surface area contributed by atoms with E-state index in [0.29, 0.717) is 10.6 Å². The van der Waals surface area contributed by atoms with Crippen LogP contribution in [-0.4, -0.2) is 24.8 Å². The van der Waals surface area contributed by atoms with E-state index < -0.39 is 19.3 Å². The van der Waals surface area contributed by atoms with Gasteiger partial charge in [0.05, 0.1) is 7.11 Å². The van der Waals surface area contributed by atoms with Crippen molar-refractivity contribution in [2.45, 2.75) is 6.04 Å². The Morgan fingerprint density at radius 2 is 1.22 bits per heavy atom. The van der Waals surface area contributed by atoms with Gasteiger partial charge in [0.25, 0.3) is 0 Å². The molecule has 0 saturated carbocycles. The topological polar surface area (TPSA) is 46.6 Å². The Morgan fingerprint density at radius 3 is 1.63 bits per heavy atom. The van der Waals surface area contributed by atoms with Crippen molar-refractivity contribution in [2.75, 3.05) is 14.2 Å². The lowest BCUT2D eigenvalue weighted by molar-refractivity contribution is -0.145. The Labute approximate surface area is 159 Å². The molecule has 3 aromatic carbocycles. The highest BCUT2D eigenvalue weighted by atomic mass is 31.2. The number of hydrogen-bond acceptors (Lipinski definition) is 3. The van der Waals surface area contributed by atoms with Gasteiger partial charge in [0.2, 0.25) is 7.29 Å². The highest BCUT2D eigenvalue weighted by Crippen LogP contribution is 2.51. The van der Waals surface area contributed by atoms with E-state index in [1.807, 2.05) is 91.0 Å².